The first-order valence-corrected chi connectivity index (χ1v) is 9.04. The van der Waals surface area contributed by atoms with Crippen LogP contribution in [0.15, 0.2) is 12.4 Å². The molecular formula is C15H20BrN3S. The number of aryl methyl sites for hydroxylation is 1. The molecule has 0 N–H and O–H groups in total. The standard InChI is InChI=1S/C15H20BrN3S/c1-3-12-8-13-14(17-9-18-15(13)20-12)19-6-4-11(5-7-19)10(2)16/h8-11H,3-7H2,1-2H3. The molecule has 1 aliphatic heterocycles. The number of piperidine rings is 1. The number of halogens is 1. The van der Waals surface area contributed by atoms with Crippen molar-refractivity contribution in [2.75, 3.05) is 18.0 Å². The highest BCUT2D eigenvalue weighted by molar-refractivity contribution is 9.09. The van der Waals surface area contributed by atoms with E-state index in [1.165, 1.54) is 23.1 Å². The summed E-state index contributed by atoms with van der Waals surface area (Å²) in [6, 6.07) is 2.27. The molecule has 3 nitrogen and oxygen atoms in total. The summed E-state index contributed by atoms with van der Waals surface area (Å²) < 4.78 is 0. The Morgan fingerprint density at radius 2 is 2.15 bits per heavy atom. The third kappa shape index (κ3) is 2.70. The Morgan fingerprint density at radius 3 is 2.80 bits per heavy atom. The second kappa shape index (κ2) is 5.98. The molecule has 0 radical (unpaired) electrons. The summed E-state index contributed by atoms with van der Waals surface area (Å²) in [5.74, 6) is 1.92. The second-order valence-corrected chi connectivity index (χ2v) is 8.04. The van der Waals surface area contributed by atoms with Crippen molar-refractivity contribution >= 4 is 43.3 Å². The summed E-state index contributed by atoms with van der Waals surface area (Å²) in [7, 11) is 0. The van der Waals surface area contributed by atoms with Gasteiger partial charge in [-0.2, -0.15) is 0 Å². The summed E-state index contributed by atoms with van der Waals surface area (Å²) in [4.78, 5) is 14.5. The fourth-order valence-electron chi connectivity index (χ4n) is 2.89. The normalized spacial score (nSPS) is 18.6. The van der Waals surface area contributed by atoms with E-state index in [-0.39, 0.29) is 0 Å². The Morgan fingerprint density at radius 1 is 1.40 bits per heavy atom. The van der Waals surface area contributed by atoms with E-state index in [1.54, 1.807) is 17.7 Å². The first-order valence-electron chi connectivity index (χ1n) is 7.31. The monoisotopic (exact) mass is 353 g/mol. The van der Waals surface area contributed by atoms with Gasteiger partial charge in [-0.05, 0) is 31.2 Å². The van der Waals surface area contributed by atoms with Crippen LogP contribution in [0.2, 0.25) is 0 Å². The predicted octanol–water partition coefficient (Wildman–Crippen LogP) is 4.25. The van der Waals surface area contributed by atoms with Gasteiger partial charge < -0.3 is 4.90 Å². The molecule has 5 heteroatoms. The lowest BCUT2D eigenvalue weighted by Crippen LogP contribution is -2.36. The molecule has 0 aromatic carbocycles. The van der Waals surface area contributed by atoms with E-state index in [2.05, 4.69) is 50.7 Å². The predicted molar refractivity (Wildman–Crippen MR) is 90.1 cm³/mol. The lowest BCUT2D eigenvalue weighted by Gasteiger charge is -2.34. The molecule has 20 heavy (non-hydrogen) atoms. The van der Waals surface area contributed by atoms with Crippen molar-refractivity contribution in [3.05, 3.63) is 17.3 Å². The third-order valence-corrected chi connectivity index (χ3v) is 6.13. The number of nitrogens with zero attached hydrogens (tertiary/aromatic N) is 3. The first-order chi connectivity index (χ1) is 9.69. The SMILES string of the molecule is CCc1cc2c(N3CCC(C(C)Br)CC3)ncnc2s1. The van der Waals surface area contributed by atoms with Gasteiger partial charge in [0.05, 0.1) is 5.39 Å². The minimum absolute atomic E-state index is 0.614. The molecular weight excluding hydrogens is 334 g/mol. The molecule has 1 atom stereocenters. The maximum Gasteiger partial charge on any atom is 0.140 e. The summed E-state index contributed by atoms with van der Waals surface area (Å²) >= 11 is 5.52. The Balaban J connectivity index is 1.86. The molecule has 1 saturated heterocycles. The van der Waals surface area contributed by atoms with E-state index in [0.717, 1.165) is 36.1 Å². The van der Waals surface area contributed by atoms with Crippen LogP contribution in [-0.4, -0.2) is 27.9 Å². The Bertz CT molecular complexity index is 588. The molecule has 0 bridgehead atoms. The number of alkyl halides is 1. The van der Waals surface area contributed by atoms with Crippen LogP contribution >= 0.6 is 27.3 Å². The Labute approximate surface area is 132 Å². The van der Waals surface area contributed by atoms with Crippen LogP contribution in [0.1, 0.15) is 31.6 Å². The number of hydrogen-bond donors (Lipinski definition) is 0. The zero-order valence-corrected chi connectivity index (χ0v) is 14.4. The third-order valence-electron chi connectivity index (χ3n) is 4.20. The van der Waals surface area contributed by atoms with Gasteiger partial charge in [0.2, 0.25) is 0 Å². The van der Waals surface area contributed by atoms with Gasteiger partial charge in [0.1, 0.15) is 17.0 Å². The lowest BCUT2D eigenvalue weighted by molar-refractivity contribution is 0.406. The van der Waals surface area contributed by atoms with Crippen LogP contribution in [0.5, 0.6) is 0 Å². The highest BCUT2D eigenvalue weighted by atomic mass is 79.9. The van der Waals surface area contributed by atoms with E-state index >= 15 is 0 Å². The van der Waals surface area contributed by atoms with Crippen LogP contribution in [-0.2, 0) is 6.42 Å². The molecule has 2 aromatic heterocycles. The average Bonchev–Trinajstić information content (AvgIpc) is 2.90. The van der Waals surface area contributed by atoms with Crippen molar-refractivity contribution in [3.63, 3.8) is 0 Å². The van der Waals surface area contributed by atoms with Gasteiger partial charge in [-0.25, -0.2) is 9.97 Å². The number of rotatable bonds is 3. The topological polar surface area (TPSA) is 29.0 Å². The lowest BCUT2D eigenvalue weighted by atomic mass is 9.94. The minimum Gasteiger partial charge on any atom is -0.356 e. The number of thiophene rings is 1. The summed E-state index contributed by atoms with van der Waals surface area (Å²) in [6.07, 6.45) is 5.27. The summed E-state index contributed by atoms with van der Waals surface area (Å²) in [5.41, 5.74) is 0. The van der Waals surface area contributed by atoms with Crippen molar-refractivity contribution < 1.29 is 0 Å². The van der Waals surface area contributed by atoms with Crippen LogP contribution < -0.4 is 4.90 Å². The van der Waals surface area contributed by atoms with Crippen molar-refractivity contribution in [2.45, 2.75) is 37.9 Å². The van der Waals surface area contributed by atoms with Gasteiger partial charge in [-0.3, -0.25) is 0 Å². The van der Waals surface area contributed by atoms with E-state index in [9.17, 15) is 0 Å². The molecule has 0 spiro atoms. The van der Waals surface area contributed by atoms with Crippen LogP contribution in [0.4, 0.5) is 5.82 Å². The van der Waals surface area contributed by atoms with Crippen molar-refractivity contribution in [3.8, 4) is 0 Å². The fraction of sp³-hybridized carbons (Fsp3) is 0.600. The van der Waals surface area contributed by atoms with E-state index in [1.807, 2.05) is 0 Å². The molecule has 2 aromatic rings. The Hall–Kier alpha value is -0.680. The molecule has 3 heterocycles. The van der Waals surface area contributed by atoms with Crippen molar-refractivity contribution in [1.29, 1.82) is 0 Å². The number of anilines is 1. The zero-order chi connectivity index (χ0) is 14.1. The van der Waals surface area contributed by atoms with Crippen LogP contribution in [0.3, 0.4) is 0 Å². The second-order valence-electron chi connectivity index (χ2n) is 5.48. The van der Waals surface area contributed by atoms with E-state index in [4.69, 9.17) is 0 Å². The van der Waals surface area contributed by atoms with E-state index < -0.39 is 0 Å². The molecule has 1 aliphatic rings. The van der Waals surface area contributed by atoms with Gasteiger partial charge in [0.15, 0.2) is 0 Å². The van der Waals surface area contributed by atoms with Gasteiger partial charge in [-0.1, -0.05) is 29.8 Å². The maximum absolute atomic E-state index is 4.56. The van der Waals surface area contributed by atoms with E-state index in [0.29, 0.717) is 4.83 Å². The Kier molecular flexibility index (Phi) is 4.26. The van der Waals surface area contributed by atoms with Gasteiger partial charge in [-0.15, -0.1) is 11.3 Å². The van der Waals surface area contributed by atoms with Gasteiger partial charge in [0, 0.05) is 22.8 Å². The highest BCUT2D eigenvalue weighted by Gasteiger charge is 2.24. The largest absolute Gasteiger partial charge is 0.356 e. The molecule has 108 valence electrons. The van der Waals surface area contributed by atoms with Crippen LogP contribution in [0, 0.1) is 5.92 Å². The fourth-order valence-corrected chi connectivity index (χ4v) is 4.35. The van der Waals surface area contributed by atoms with Crippen molar-refractivity contribution in [2.24, 2.45) is 5.92 Å². The van der Waals surface area contributed by atoms with Gasteiger partial charge >= 0.3 is 0 Å². The molecule has 1 unspecified atom stereocenters. The first kappa shape index (κ1) is 14.3. The summed E-state index contributed by atoms with van der Waals surface area (Å²) in [5, 5.41) is 1.24. The molecule has 0 aliphatic carbocycles. The van der Waals surface area contributed by atoms with Crippen molar-refractivity contribution in [1.82, 2.24) is 9.97 Å². The quantitative estimate of drug-likeness (QED) is 0.772. The average molecular weight is 354 g/mol. The maximum atomic E-state index is 4.56. The number of hydrogen-bond acceptors (Lipinski definition) is 4. The van der Waals surface area contributed by atoms with Gasteiger partial charge in [0.25, 0.3) is 0 Å². The molecule has 3 rings (SSSR count). The number of aromatic nitrogens is 2. The smallest absolute Gasteiger partial charge is 0.140 e. The number of fused-ring (bicyclic) bond motifs is 1. The molecule has 0 amide bonds. The summed E-state index contributed by atoms with van der Waals surface area (Å²) in [6.45, 7) is 6.66. The molecule has 0 saturated carbocycles. The minimum atomic E-state index is 0.614. The zero-order valence-electron chi connectivity index (χ0n) is 12.0. The highest BCUT2D eigenvalue weighted by Crippen LogP contribution is 2.33. The molecule has 1 fully saturated rings. The van der Waals surface area contributed by atoms with Crippen LogP contribution in [0.25, 0.3) is 10.2 Å².